The Morgan fingerprint density at radius 3 is 2.82 bits per heavy atom. The Kier molecular flexibility index (Phi) is 3.78. The van der Waals surface area contributed by atoms with Gasteiger partial charge in [0.05, 0.1) is 17.8 Å². The minimum Gasteiger partial charge on any atom is -0.346 e. The number of hydrogen-bond acceptors (Lipinski definition) is 2. The van der Waals surface area contributed by atoms with Crippen LogP contribution in [0, 0.1) is 3.57 Å². The summed E-state index contributed by atoms with van der Waals surface area (Å²) >= 11 is 2.16. The number of halogens is 1. The molecule has 2 rings (SSSR count). The number of nitrogens with zero attached hydrogens (tertiary/aromatic N) is 2. The molecule has 0 aliphatic carbocycles. The summed E-state index contributed by atoms with van der Waals surface area (Å²) in [6.07, 6.45) is 1.72. The van der Waals surface area contributed by atoms with Crippen LogP contribution in [-0.4, -0.2) is 15.7 Å². The fourth-order valence-corrected chi connectivity index (χ4v) is 2.12. The van der Waals surface area contributed by atoms with Crippen molar-refractivity contribution in [2.24, 2.45) is 7.05 Å². The van der Waals surface area contributed by atoms with E-state index < -0.39 is 0 Å². The summed E-state index contributed by atoms with van der Waals surface area (Å²) in [7, 11) is 1.85. The van der Waals surface area contributed by atoms with E-state index >= 15 is 0 Å². The number of carbonyl (C=O) groups is 1. The van der Waals surface area contributed by atoms with Crippen molar-refractivity contribution < 1.29 is 4.79 Å². The molecule has 2 aromatic rings. The molecule has 1 aromatic heterocycles. The monoisotopic (exact) mass is 341 g/mol. The van der Waals surface area contributed by atoms with Crippen LogP contribution in [0.3, 0.4) is 0 Å². The first-order chi connectivity index (χ1) is 8.18. The molecule has 17 heavy (non-hydrogen) atoms. The molecule has 0 bridgehead atoms. The highest BCUT2D eigenvalue weighted by atomic mass is 127. The van der Waals surface area contributed by atoms with E-state index in [2.05, 4.69) is 33.0 Å². The molecular formula is C12H12IN3O. The van der Waals surface area contributed by atoms with Gasteiger partial charge in [-0.1, -0.05) is 12.1 Å². The van der Waals surface area contributed by atoms with E-state index in [9.17, 15) is 4.79 Å². The summed E-state index contributed by atoms with van der Waals surface area (Å²) in [4.78, 5) is 11.9. The van der Waals surface area contributed by atoms with Crippen molar-refractivity contribution in [1.29, 1.82) is 0 Å². The van der Waals surface area contributed by atoms with Crippen LogP contribution < -0.4 is 5.32 Å². The number of carbonyl (C=O) groups excluding carboxylic acids is 1. The quantitative estimate of drug-likeness (QED) is 0.868. The van der Waals surface area contributed by atoms with Crippen LogP contribution >= 0.6 is 22.6 Å². The first kappa shape index (κ1) is 12.1. The minimum absolute atomic E-state index is 0.0591. The Labute approximate surface area is 113 Å². The summed E-state index contributed by atoms with van der Waals surface area (Å²) in [5.74, 6) is -0.0591. The van der Waals surface area contributed by atoms with E-state index in [1.54, 1.807) is 10.9 Å². The van der Waals surface area contributed by atoms with Crippen molar-refractivity contribution in [3.63, 3.8) is 0 Å². The van der Waals surface area contributed by atoms with Crippen molar-refractivity contribution in [2.75, 3.05) is 0 Å². The zero-order valence-electron chi connectivity index (χ0n) is 9.35. The van der Waals surface area contributed by atoms with Gasteiger partial charge in [0, 0.05) is 16.8 Å². The zero-order valence-corrected chi connectivity index (χ0v) is 11.5. The summed E-state index contributed by atoms with van der Waals surface area (Å²) < 4.78 is 2.70. The maximum atomic E-state index is 11.9. The molecule has 0 atom stereocenters. The largest absolute Gasteiger partial charge is 0.346 e. The van der Waals surface area contributed by atoms with Gasteiger partial charge in [-0.2, -0.15) is 5.10 Å². The Balaban J connectivity index is 2.04. The van der Waals surface area contributed by atoms with E-state index in [1.165, 1.54) is 0 Å². The first-order valence-electron chi connectivity index (χ1n) is 5.18. The van der Waals surface area contributed by atoms with E-state index in [1.807, 2.05) is 37.4 Å². The normalized spacial score (nSPS) is 10.2. The van der Waals surface area contributed by atoms with Crippen LogP contribution in [-0.2, 0) is 13.6 Å². The highest BCUT2D eigenvalue weighted by Crippen LogP contribution is 2.11. The second kappa shape index (κ2) is 5.31. The van der Waals surface area contributed by atoms with Gasteiger partial charge in [-0.15, -0.1) is 0 Å². The molecule has 0 saturated heterocycles. The Hall–Kier alpha value is -1.37. The molecule has 1 heterocycles. The van der Waals surface area contributed by atoms with Crippen LogP contribution in [0.1, 0.15) is 16.1 Å². The number of aromatic nitrogens is 2. The third kappa shape index (κ3) is 2.85. The maximum Gasteiger partial charge on any atom is 0.252 e. The Morgan fingerprint density at radius 1 is 1.41 bits per heavy atom. The standard InChI is InChI=1S/C12H12IN3O/c1-16-9(6-7-15-16)8-14-12(17)10-4-2-3-5-11(10)13/h2-7H,8H2,1H3,(H,14,17). The van der Waals surface area contributed by atoms with Crippen molar-refractivity contribution in [2.45, 2.75) is 6.54 Å². The van der Waals surface area contributed by atoms with Crippen molar-refractivity contribution in [3.8, 4) is 0 Å². The van der Waals surface area contributed by atoms with E-state index in [-0.39, 0.29) is 5.91 Å². The summed E-state index contributed by atoms with van der Waals surface area (Å²) in [6.45, 7) is 0.486. The highest BCUT2D eigenvalue weighted by Gasteiger charge is 2.09. The molecule has 0 saturated carbocycles. The molecule has 1 aromatic carbocycles. The van der Waals surface area contributed by atoms with Gasteiger partial charge in [-0.05, 0) is 40.8 Å². The third-order valence-electron chi connectivity index (χ3n) is 2.47. The summed E-state index contributed by atoms with van der Waals surface area (Å²) in [6, 6.07) is 9.40. The average Bonchev–Trinajstić information content (AvgIpc) is 2.72. The van der Waals surface area contributed by atoms with Gasteiger partial charge in [0.2, 0.25) is 0 Å². The molecule has 88 valence electrons. The predicted octanol–water partition coefficient (Wildman–Crippen LogP) is 1.95. The summed E-state index contributed by atoms with van der Waals surface area (Å²) in [5, 5.41) is 6.93. The fraction of sp³-hybridized carbons (Fsp3) is 0.167. The highest BCUT2D eigenvalue weighted by molar-refractivity contribution is 14.1. The lowest BCUT2D eigenvalue weighted by molar-refractivity contribution is 0.0949. The minimum atomic E-state index is -0.0591. The number of nitrogens with one attached hydrogen (secondary N) is 1. The van der Waals surface area contributed by atoms with Crippen LogP contribution in [0.2, 0.25) is 0 Å². The number of hydrogen-bond donors (Lipinski definition) is 1. The molecule has 0 radical (unpaired) electrons. The van der Waals surface area contributed by atoms with Crippen LogP contribution in [0.4, 0.5) is 0 Å². The Morgan fingerprint density at radius 2 is 2.18 bits per heavy atom. The van der Waals surface area contributed by atoms with Gasteiger partial charge in [-0.25, -0.2) is 0 Å². The van der Waals surface area contributed by atoms with Crippen LogP contribution in [0.15, 0.2) is 36.5 Å². The maximum absolute atomic E-state index is 11.9. The zero-order chi connectivity index (χ0) is 12.3. The van der Waals surface area contributed by atoms with Crippen LogP contribution in [0.5, 0.6) is 0 Å². The lowest BCUT2D eigenvalue weighted by atomic mass is 10.2. The molecule has 0 fully saturated rings. The molecular weight excluding hydrogens is 329 g/mol. The lowest BCUT2D eigenvalue weighted by Gasteiger charge is -2.06. The summed E-state index contributed by atoms with van der Waals surface area (Å²) in [5.41, 5.74) is 1.68. The van der Waals surface area contributed by atoms with Crippen molar-refractivity contribution in [3.05, 3.63) is 51.4 Å². The molecule has 1 N–H and O–H groups in total. The van der Waals surface area contributed by atoms with Gasteiger partial charge >= 0.3 is 0 Å². The number of amides is 1. The van der Waals surface area contributed by atoms with Crippen molar-refractivity contribution >= 4 is 28.5 Å². The van der Waals surface area contributed by atoms with E-state index in [0.717, 1.165) is 9.26 Å². The molecule has 0 unspecified atom stereocenters. The lowest BCUT2D eigenvalue weighted by Crippen LogP contribution is -2.24. The smallest absolute Gasteiger partial charge is 0.252 e. The number of benzene rings is 1. The SMILES string of the molecule is Cn1nccc1CNC(=O)c1ccccc1I. The van der Waals surface area contributed by atoms with Gasteiger partial charge in [0.1, 0.15) is 0 Å². The fourth-order valence-electron chi connectivity index (χ4n) is 1.49. The second-order valence-electron chi connectivity index (χ2n) is 3.61. The second-order valence-corrected chi connectivity index (χ2v) is 4.77. The van der Waals surface area contributed by atoms with Gasteiger partial charge in [-0.3, -0.25) is 9.48 Å². The average molecular weight is 341 g/mol. The van der Waals surface area contributed by atoms with Gasteiger partial charge in [0.25, 0.3) is 5.91 Å². The third-order valence-corrected chi connectivity index (χ3v) is 3.41. The Bertz CT molecular complexity index is 536. The molecule has 0 spiro atoms. The van der Waals surface area contributed by atoms with Gasteiger partial charge < -0.3 is 5.32 Å². The first-order valence-corrected chi connectivity index (χ1v) is 6.26. The van der Waals surface area contributed by atoms with E-state index in [0.29, 0.717) is 12.1 Å². The number of aryl methyl sites for hydroxylation is 1. The van der Waals surface area contributed by atoms with Crippen LogP contribution in [0.25, 0.3) is 0 Å². The molecule has 5 heteroatoms. The molecule has 0 aliphatic heterocycles. The van der Waals surface area contributed by atoms with Gasteiger partial charge in [0.15, 0.2) is 0 Å². The molecule has 4 nitrogen and oxygen atoms in total. The van der Waals surface area contributed by atoms with E-state index in [4.69, 9.17) is 0 Å². The number of rotatable bonds is 3. The van der Waals surface area contributed by atoms with Crippen molar-refractivity contribution in [1.82, 2.24) is 15.1 Å². The topological polar surface area (TPSA) is 46.9 Å². The molecule has 1 amide bonds. The predicted molar refractivity (Wildman–Crippen MR) is 73.5 cm³/mol. The molecule has 0 aliphatic rings.